The number of nitrogens with one attached hydrogen (secondary N) is 1. The molecule has 1 N–H and O–H groups in total. The van der Waals surface area contributed by atoms with Crippen LogP contribution in [0.25, 0.3) is 0 Å². The molecule has 2 rings (SSSR count). The van der Waals surface area contributed by atoms with Crippen molar-refractivity contribution in [3.8, 4) is 0 Å². The van der Waals surface area contributed by atoms with Gasteiger partial charge in [-0.1, -0.05) is 24.3 Å². The molecule has 104 valence electrons. The topological polar surface area (TPSA) is 29.1 Å². The summed E-state index contributed by atoms with van der Waals surface area (Å²) in [6.45, 7) is 0.466. The lowest BCUT2D eigenvalue weighted by Gasteiger charge is -2.06. The van der Waals surface area contributed by atoms with Crippen LogP contribution < -0.4 is 5.32 Å². The van der Waals surface area contributed by atoms with Crippen LogP contribution in [-0.4, -0.2) is 12.5 Å². The molecule has 0 aromatic heterocycles. The fourth-order valence-electron chi connectivity index (χ4n) is 1.91. The Labute approximate surface area is 122 Å². The minimum Gasteiger partial charge on any atom is -0.352 e. The summed E-state index contributed by atoms with van der Waals surface area (Å²) in [5.74, 6) is -0.0262. The van der Waals surface area contributed by atoms with Crippen LogP contribution in [0.1, 0.15) is 21.5 Å². The van der Waals surface area contributed by atoms with Crippen molar-refractivity contribution in [1.29, 1.82) is 0 Å². The van der Waals surface area contributed by atoms with E-state index in [0.29, 0.717) is 24.4 Å². The Hall–Kier alpha value is -1.87. The van der Waals surface area contributed by atoms with Gasteiger partial charge in [-0.25, -0.2) is 4.39 Å². The lowest BCUT2D eigenvalue weighted by atomic mass is 10.1. The van der Waals surface area contributed by atoms with E-state index >= 15 is 0 Å². The SMILES string of the molecule is O=C(NCCc1cccc(F)c1)c1cccc(CCl)c1. The molecule has 0 atom stereocenters. The van der Waals surface area contributed by atoms with E-state index in [1.54, 1.807) is 24.3 Å². The Morgan fingerprint density at radius 1 is 1.10 bits per heavy atom. The average molecular weight is 292 g/mol. The molecule has 2 nitrogen and oxygen atoms in total. The van der Waals surface area contributed by atoms with Gasteiger partial charge >= 0.3 is 0 Å². The van der Waals surface area contributed by atoms with E-state index in [1.165, 1.54) is 12.1 Å². The highest BCUT2D eigenvalue weighted by Gasteiger charge is 2.05. The van der Waals surface area contributed by atoms with Gasteiger partial charge < -0.3 is 5.32 Å². The zero-order valence-electron chi connectivity index (χ0n) is 10.9. The van der Waals surface area contributed by atoms with Crippen molar-refractivity contribution < 1.29 is 9.18 Å². The quantitative estimate of drug-likeness (QED) is 0.839. The van der Waals surface area contributed by atoms with Crippen molar-refractivity contribution in [2.45, 2.75) is 12.3 Å². The van der Waals surface area contributed by atoms with Crippen molar-refractivity contribution >= 4 is 17.5 Å². The van der Waals surface area contributed by atoms with Gasteiger partial charge in [0.1, 0.15) is 5.82 Å². The molecular weight excluding hydrogens is 277 g/mol. The third kappa shape index (κ3) is 4.07. The summed E-state index contributed by atoms with van der Waals surface area (Å²) < 4.78 is 13.0. The van der Waals surface area contributed by atoms with E-state index in [9.17, 15) is 9.18 Å². The first-order valence-corrected chi connectivity index (χ1v) is 6.90. The van der Waals surface area contributed by atoms with Crippen LogP contribution >= 0.6 is 11.6 Å². The summed E-state index contributed by atoms with van der Waals surface area (Å²) in [5, 5.41) is 2.81. The van der Waals surface area contributed by atoms with E-state index in [0.717, 1.165) is 11.1 Å². The van der Waals surface area contributed by atoms with Gasteiger partial charge in [-0.15, -0.1) is 11.6 Å². The number of benzene rings is 2. The van der Waals surface area contributed by atoms with Crippen molar-refractivity contribution in [2.75, 3.05) is 6.54 Å². The van der Waals surface area contributed by atoms with Crippen LogP contribution in [0.2, 0.25) is 0 Å². The molecule has 0 saturated heterocycles. The molecule has 0 radical (unpaired) electrons. The molecule has 0 fully saturated rings. The maximum Gasteiger partial charge on any atom is 0.251 e. The Kier molecular flexibility index (Phi) is 5.13. The third-order valence-corrected chi connectivity index (χ3v) is 3.24. The zero-order chi connectivity index (χ0) is 14.4. The van der Waals surface area contributed by atoms with Crippen LogP contribution in [0, 0.1) is 5.82 Å². The molecule has 0 unspecified atom stereocenters. The predicted octanol–water partition coefficient (Wildman–Crippen LogP) is 3.54. The maximum atomic E-state index is 13.0. The highest BCUT2D eigenvalue weighted by atomic mass is 35.5. The molecule has 2 aromatic rings. The first kappa shape index (κ1) is 14.5. The average Bonchev–Trinajstić information content (AvgIpc) is 2.47. The van der Waals surface area contributed by atoms with Crippen molar-refractivity contribution in [3.05, 3.63) is 71.0 Å². The van der Waals surface area contributed by atoms with Gasteiger partial charge in [-0.05, 0) is 41.8 Å². The highest BCUT2D eigenvalue weighted by Crippen LogP contribution is 2.08. The zero-order valence-corrected chi connectivity index (χ0v) is 11.7. The molecule has 0 aliphatic heterocycles. The van der Waals surface area contributed by atoms with Crippen molar-refractivity contribution in [2.24, 2.45) is 0 Å². The molecule has 20 heavy (non-hydrogen) atoms. The summed E-state index contributed by atoms with van der Waals surface area (Å²) in [6, 6.07) is 13.6. The molecule has 4 heteroatoms. The highest BCUT2D eigenvalue weighted by molar-refractivity contribution is 6.17. The first-order chi connectivity index (χ1) is 9.69. The lowest BCUT2D eigenvalue weighted by Crippen LogP contribution is -2.25. The van der Waals surface area contributed by atoms with Crippen LogP contribution in [0.3, 0.4) is 0 Å². The minimum atomic E-state index is -0.261. The molecule has 0 aliphatic rings. The molecule has 0 spiro atoms. The number of hydrogen-bond donors (Lipinski definition) is 1. The Morgan fingerprint density at radius 2 is 1.85 bits per heavy atom. The number of carbonyl (C=O) groups is 1. The normalized spacial score (nSPS) is 10.3. The number of amides is 1. The standard InChI is InChI=1S/C16H15ClFNO/c17-11-13-4-1-5-14(9-13)16(20)19-8-7-12-3-2-6-15(18)10-12/h1-6,9-10H,7-8,11H2,(H,19,20). The number of halogens is 2. The lowest BCUT2D eigenvalue weighted by molar-refractivity contribution is 0.0954. The second-order valence-corrected chi connectivity index (χ2v) is 4.74. The Morgan fingerprint density at radius 3 is 2.60 bits per heavy atom. The second-order valence-electron chi connectivity index (χ2n) is 4.47. The number of alkyl halides is 1. The summed E-state index contributed by atoms with van der Waals surface area (Å²) >= 11 is 5.74. The van der Waals surface area contributed by atoms with Gasteiger partial charge in [0.05, 0.1) is 0 Å². The van der Waals surface area contributed by atoms with Crippen molar-refractivity contribution in [1.82, 2.24) is 5.32 Å². The minimum absolute atomic E-state index is 0.145. The summed E-state index contributed by atoms with van der Waals surface area (Å²) in [6.07, 6.45) is 0.596. The van der Waals surface area contributed by atoms with Gasteiger partial charge in [0.15, 0.2) is 0 Å². The first-order valence-electron chi connectivity index (χ1n) is 6.36. The summed E-state index contributed by atoms with van der Waals surface area (Å²) in [5.41, 5.74) is 2.35. The molecule has 0 saturated carbocycles. The van der Waals surface area contributed by atoms with Crippen molar-refractivity contribution in [3.63, 3.8) is 0 Å². The van der Waals surface area contributed by atoms with Crippen LogP contribution in [0.5, 0.6) is 0 Å². The predicted molar refractivity (Wildman–Crippen MR) is 78.4 cm³/mol. The largest absolute Gasteiger partial charge is 0.352 e. The van der Waals surface area contributed by atoms with E-state index in [1.807, 2.05) is 12.1 Å². The molecule has 1 amide bonds. The fraction of sp³-hybridized carbons (Fsp3) is 0.188. The van der Waals surface area contributed by atoms with Gasteiger partial charge in [0.25, 0.3) is 5.91 Å². The molecular formula is C16H15ClFNO. The van der Waals surface area contributed by atoms with Crippen LogP contribution in [0.4, 0.5) is 4.39 Å². The van der Waals surface area contributed by atoms with Crippen LogP contribution in [-0.2, 0) is 12.3 Å². The van der Waals surface area contributed by atoms with E-state index in [2.05, 4.69) is 5.32 Å². The second kappa shape index (κ2) is 7.06. The van der Waals surface area contributed by atoms with Crippen LogP contribution in [0.15, 0.2) is 48.5 Å². The molecule has 0 aliphatic carbocycles. The monoisotopic (exact) mass is 291 g/mol. The molecule has 0 heterocycles. The smallest absolute Gasteiger partial charge is 0.251 e. The number of hydrogen-bond acceptors (Lipinski definition) is 1. The number of carbonyl (C=O) groups excluding carboxylic acids is 1. The Bertz CT molecular complexity index is 601. The van der Waals surface area contributed by atoms with E-state index in [-0.39, 0.29) is 11.7 Å². The molecule has 2 aromatic carbocycles. The Balaban J connectivity index is 1.89. The summed E-state index contributed by atoms with van der Waals surface area (Å²) in [7, 11) is 0. The molecule has 0 bridgehead atoms. The number of rotatable bonds is 5. The van der Waals surface area contributed by atoms with E-state index in [4.69, 9.17) is 11.6 Å². The fourth-order valence-corrected chi connectivity index (χ4v) is 2.08. The van der Waals surface area contributed by atoms with Gasteiger partial charge in [-0.2, -0.15) is 0 Å². The third-order valence-electron chi connectivity index (χ3n) is 2.93. The van der Waals surface area contributed by atoms with Gasteiger partial charge in [0, 0.05) is 18.0 Å². The van der Waals surface area contributed by atoms with Gasteiger partial charge in [-0.3, -0.25) is 4.79 Å². The summed E-state index contributed by atoms with van der Waals surface area (Å²) in [4.78, 5) is 11.9. The van der Waals surface area contributed by atoms with E-state index < -0.39 is 0 Å². The maximum absolute atomic E-state index is 13.0. The van der Waals surface area contributed by atoms with Gasteiger partial charge in [0.2, 0.25) is 0 Å².